The van der Waals surface area contributed by atoms with E-state index in [-0.39, 0.29) is 5.97 Å². The summed E-state index contributed by atoms with van der Waals surface area (Å²) in [4.78, 5) is 15.9. The Hall–Kier alpha value is -1.68. The zero-order valence-electron chi connectivity index (χ0n) is 11.6. The summed E-state index contributed by atoms with van der Waals surface area (Å²) in [6.45, 7) is 9.22. The van der Waals surface area contributed by atoms with Gasteiger partial charge in [0.2, 0.25) is 0 Å². The van der Waals surface area contributed by atoms with Crippen LogP contribution >= 0.6 is 11.6 Å². The van der Waals surface area contributed by atoms with Crippen molar-refractivity contribution < 1.29 is 9.53 Å². The van der Waals surface area contributed by atoms with Crippen LogP contribution < -0.4 is 4.90 Å². The Bertz CT molecular complexity index is 479. The van der Waals surface area contributed by atoms with Crippen LogP contribution in [-0.2, 0) is 9.53 Å². The molecule has 1 fully saturated rings. The molecule has 0 atom stereocenters. The van der Waals surface area contributed by atoms with Crippen molar-refractivity contribution in [2.24, 2.45) is 0 Å². The van der Waals surface area contributed by atoms with Gasteiger partial charge in [-0.2, -0.15) is 0 Å². The standard InChI is InChI=1S/C15H19ClN2O2/c1-3-20-15(19)12(2)17-8-10-18(11-9-17)14-6-4-13(16)5-7-14/h4-7H,2-3,8-11H2,1H3. The van der Waals surface area contributed by atoms with Crippen LogP contribution in [0.1, 0.15) is 6.92 Å². The minimum Gasteiger partial charge on any atom is -0.461 e. The van der Waals surface area contributed by atoms with Gasteiger partial charge in [0, 0.05) is 36.9 Å². The Morgan fingerprint density at radius 2 is 1.85 bits per heavy atom. The summed E-state index contributed by atoms with van der Waals surface area (Å²) in [5.41, 5.74) is 1.60. The smallest absolute Gasteiger partial charge is 0.353 e. The number of esters is 1. The lowest BCUT2D eigenvalue weighted by atomic mass is 10.2. The number of halogens is 1. The van der Waals surface area contributed by atoms with Crippen molar-refractivity contribution >= 4 is 23.3 Å². The van der Waals surface area contributed by atoms with Crippen LogP contribution in [0.4, 0.5) is 5.69 Å². The molecule has 0 bridgehead atoms. The first-order valence-electron chi connectivity index (χ1n) is 6.73. The predicted molar refractivity (Wildman–Crippen MR) is 81.0 cm³/mol. The highest BCUT2D eigenvalue weighted by Gasteiger charge is 2.22. The van der Waals surface area contributed by atoms with Gasteiger partial charge in [0.05, 0.1) is 6.61 Å². The molecule has 4 nitrogen and oxygen atoms in total. The van der Waals surface area contributed by atoms with Crippen LogP contribution in [0.3, 0.4) is 0 Å². The second-order valence-corrected chi connectivity index (χ2v) is 5.05. The molecule has 0 aromatic heterocycles. The van der Waals surface area contributed by atoms with Crippen LogP contribution in [0.15, 0.2) is 36.5 Å². The Kier molecular flexibility index (Phi) is 4.90. The Morgan fingerprint density at radius 3 is 2.40 bits per heavy atom. The van der Waals surface area contributed by atoms with Gasteiger partial charge in [0.1, 0.15) is 5.70 Å². The molecule has 0 N–H and O–H groups in total. The van der Waals surface area contributed by atoms with Crippen molar-refractivity contribution in [2.45, 2.75) is 6.92 Å². The quantitative estimate of drug-likeness (QED) is 0.631. The highest BCUT2D eigenvalue weighted by molar-refractivity contribution is 6.30. The van der Waals surface area contributed by atoms with Crippen LogP contribution in [0, 0.1) is 0 Å². The van der Waals surface area contributed by atoms with Crippen LogP contribution in [0.5, 0.6) is 0 Å². The molecular weight excluding hydrogens is 276 g/mol. The summed E-state index contributed by atoms with van der Waals surface area (Å²) in [7, 11) is 0. The molecule has 0 spiro atoms. The largest absolute Gasteiger partial charge is 0.461 e. The van der Waals surface area contributed by atoms with E-state index in [1.54, 1.807) is 6.92 Å². The lowest BCUT2D eigenvalue weighted by Crippen LogP contribution is -2.47. The molecule has 0 radical (unpaired) electrons. The molecule has 0 aliphatic carbocycles. The van der Waals surface area contributed by atoms with E-state index in [0.717, 1.165) is 36.9 Å². The molecular formula is C15H19ClN2O2. The zero-order valence-corrected chi connectivity index (χ0v) is 12.4. The molecule has 2 rings (SSSR count). The number of hydrogen-bond acceptors (Lipinski definition) is 4. The maximum absolute atomic E-state index is 11.6. The fourth-order valence-electron chi connectivity index (χ4n) is 2.23. The number of benzene rings is 1. The number of hydrogen-bond donors (Lipinski definition) is 0. The van der Waals surface area contributed by atoms with Crippen LogP contribution in [0.25, 0.3) is 0 Å². The number of carbonyl (C=O) groups excluding carboxylic acids is 1. The average molecular weight is 295 g/mol. The van der Waals surface area contributed by atoms with Crippen LogP contribution in [-0.4, -0.2) is 43.7 Å². The van der Waals surface area contributed by atoms with Crippen molar-refractivity contribution in [1.82, 2.24) is 4.90 Å². The van der Waals surface area contributed by atoms with Crippen molar-refractivity contribution in [3.05, 3.63) is 41.6 Å². The van der Waals surface area contributed by atoms with Gasteiger partial charge in [-0.25, -0.2) is 4.79 Å². The third-order valence-electron chi connectivity index (χ3n) is 3.36. The maximum Gasteiger partial charge on any atom is 0.353 e. The summed E-state index contributed by atoms with van der Waals surface area (Å²) in [5, 5.41) is 0.739. The Balaban J connectivity index is 1.90. The highest BCUT2D eigenvalue weighted by atomic mass is 35.5. The van der Waals surface area contributed by atoms with E-state index in [4.69, 9.17) is 16.3 Å². The minimum atomic E-state index is -0.326. The van der Waals surface area contributed by atoms with E-state index in [0.29, 0.717) is 12.3 Å². The molecule has 1 aliphatic rings. The number of rotatable bonds is 4. The second kappa shape index (κ2) is 6.66. The van der Waals surface area contributed by atoms with Gasteiger partial charge in [-0.05, 0) is 31.2 Å². The number of anilines is 1. The second-order valence-electron chi connectivity index (χ2n) is 4.62. The molecule has 0 amide bonds. The monoisotopic (exact) mass is 294 g/mol. The van der Waals surface area contributed by atoms with Crippen molar-refractivity contribution in [1.29, 1.82) is 0 Å². The summed E-state index contributed by atoms with van der Waals surface area (Å²) >= 11 is 5.89. The first-order valence-corrected chi connectivity index (χ1v) is 7.11. The Morgan fingerprint density at radius 1 is 1.25 bits per heavy atom. The fourth-order valence-corrected chi connectivity index (χ4v) is 2.36. The highest BCUT2D eigenvalue weighted by Crippen LogP contribution is 2.20. The van der Waals surface area contributed by atoms with Crippen molar-refractivity contribution in [3.63, 3.8) is 0 Å². The van der Waals surface area contributed by atoms with E-state index in [1.807, 2.05) is 29.2 Å². The SMILES string of the molecule is C=C(C(=O)OCC)N1CCN(c2ccc(Cl)cc2)CC1. The van der Waals surface area contributed by atoms with Crippen molar-refractivity contribution in [3.8, 4) is 0 Å². The Labute approximate surface area is 124 Å². The summed E-state index contributed by atoms with van der Waals surface area (Å²) in [6, 6.07) is 7.80. The van der Waals surface area contributed by atoms with Gasteiger partial charge in [0.15, 0.2) is 0 Å². The van der Waals surface area contributed by atoms with E-state index < -0.39 is 0 Å². The minimum absolute atomic E-state index is 0.326. The van der Waals surface area contributed by atoms with E-state index in [1.165, 1.54) is 0 Å². The number of carbonyl (C=O) groups is 1. The number of ether oxygens (including phenoxy) is 1. The zero-order chi connectivity index (χ0) is 14.5. The van der Waals surface area contributed by atoms with E-state index >= 15 is 0 Å². The number of piperazine rings is 1. The molecule has 1 heterocycles. The summed E-state index contributed by atoms with van der Waals surface area (Å²) < 4.78 is 4.97. The van der Waals surface area contributed by atoms with Gasteiger partial charge in [-0.1, -0.05) is 18.2 Å². The molecule has 108 valence electrons. The van der Waals surface area contributed by atoms with Gasteiger partial charge in [-0.3, -0.25) is 0 Å². The lowest BCUT2D eigenvalue weighted by molar-refractivity contribution is -0.140. The lowest BCUT2D eigenvalue weighted by Gasteiger charge is -2.37. The topological polar surface area (TPSA) is 32.8 Å². The third kappa shape index (κ3) is 3.45. The molecule has 0 saturated carbocycles. The van der Waals surface area contributed by atoms with Crippen LogP contribution in [0.2, 0.25) is 5.02 Å². The molecule has 0 unspecified atom stereocenters. The normalized spacial score (nSPS) is 15.1. The molecule has 1 aromatic rings. The number of nitrogens with zero attached hydrogens (tertiary/aromatic N) is 2. The van der Waals surface area contributed by atoms with Gasteiger partial charge >= 0.3 is 5.97 Å². The molecule has 20 heavy (non-hydrogen) atoms. The molecule has 1 saturated heterocycles. The molecule has 1 aliphatic heterocycles. The average Bonchev–Trinajstić information content (AvgIpc) is 2.48. The fraction of sp³-hybridized carbons (Fsp3) is 0.400. The summed E-state index contributed by atoms with van der Waals surface area (Å²) in [6.07, 6.45) is 0. The molecule has 1 aromatic carbocycles. The first kappa shape index (κ1) is 14.7. The maximum atomic E-state index is 11.6. The summed E-state index contributed by atoms with van der Waals surface area (Å²) in [5.74, 6) is -0.326. The third-order valence-corrected chi connectivity index (χ3v) is 3.62. The molecule has 5 heteroatoms. The first-order chi connectivity index (χ1) is 9.61. The van der Waals surface area contributed by atoms with E-state index in [9.17, 15) is 4.79 Å². The predicted octanol–water partition coefficient (Wildman–Crippen LogP) is 2.54. The van der Waals surface area contributed by atoms with Gasteiger partial charge in [-0.15, -0.1) is 0 Å². The van der Waals surface area contributed by atoms with Gasteiger partial charge < -0.3 is 14.5 Å². The van der Waals surface area contributed by atoms with Gasteiger partial charge in [0.25, 0.3) is 0 Å². The van der Waals surface area contributed by atoms with E-state index in [2.05, 4.69) is 11.5 Å². The van der Waals surface area contributed by atoms with Crippen molar-refractivity contribution in [2.75, 3.05) is 37.7 Å².